The molecule has 0 rings (SSSR count). The molecule has 0 aliphatic carbocycles. The van der Waals surface area contributed by atoms with Gasteiger partial charge in [0, 0.05) is 6.42 Å². The Kier molecular flexibility index (Phi) is 10.4. The van der Waals surface area contributed by atoms with Crippen LogP contribution in [0.1, 0.15) is 45.4 Å². The van der Waals surface area contributed by atoms with Crippen molar-refractivity contribution in [1.29, 1.82) is 0 Å². The Hall–Kier alpha value is -0.850. The quantitative estimate of drug-likeness (QED) is 0.316. The molecule has 1 heteroatoms. The van der Waals surface area contributed by atoms with Gasteiger partial charge in [-0.05, 0) is 25.7 Å². The lowest BCUT2D eigenvalue weighted by atomic mass is 10.2. The normalized spacial score (nSPS) is 11.5. The van der Waals surface area contributed by atoms with Crippen LogP contribution in [0.5, 0.6) is 0 Å². The highest BCUT2D eigenvalue weighted by atomic mass is 16.1. The Bertz CT molecular complexity index is 157. The number of rotatable bonds is 8. The predicted molar refractivity (Wildman–Crippen MR) is 57.7 cm³/mol. The molecular formula is C12H20O. The molecular weight excluding hydrogens is 160 g/mol. The maximum Gasteiger partial charge on any atom is 0.119 e. The van der Waals surface area contributed by atoms with E-state index in [0.717, 1.165) is 32.0 Å². The van der Waals surface area contributed by atoms with Crippen LogP contribution in [0.4, 0.5) is 0 Å². The molecule has 0 atom stereocenters. The highest BCUT2D eigenvalue weighted by Crippen LogP contribution is 1.99. The third kappa shape index (κ3) is 11.1. The fourth-order valence-corrected chi connectivity index (χ4v) is 1.01. The van der Waals surface area contributed by atoms with Gasteiger partial charge in [-0.2, -0.15) is 0 Å². The highest BCUT2D eigenvalue weighted by Gasteiger charge is 1.82. The summed E-state index contributed by atoms with van der Waals surface area (Å²) >= 11 is 0. The number of allylic oxidation sites excluding steroid dienone is 4. The summed E-state index contributed by atoms with van der Waals surface area (Å²) < 4.78 is 0. The van der Waals surface area contributed by atoms with Crippen molar-refractivity contribution in [2.24, 2.45) is 0 Å². The maximum atomic E-state index is 9.98. The van der Waals surface area contributed by atoms with Gasteiger partial charge in [0.1, 0.15) is 6.29 Å². The maximum absolute atomic E-state index is 9.98. The van der Waals surface area contributed by atoms with Crippen LogP contribution >= 0.6 is 0 Å². The van der Waals surface area contributed by atoms with E-state index in [9.17, 15) is 4.79 Å². The van der Waals surface area contributed by atoms with Crippen LogP contribution in [0.25, 0.3) is 0 Å². The molecule has 0 aromatic heterocycles. The molecule has 0 fully saturated rings. The zero-order valence-corrected chi connectivity index (χ0v) is 8.54. The third-order valence-electron chi connectivity index (χ3n) is 1.78. The van der Waals surface area contributed by atoms with Gasteiger partial charge in [-0.15, -0.1) is 0 Å². The number of carbonyl (C=O) groups is 1. The molecule has 1 nitrogen and oxygen atoms in total. The van der Waals surface area contributed by atoms with Gasteiger partial charge < -0.3 is 4.79 Å². The monoisotopic (exact) mass is 180 g/mol. The lowest BCUT2D eigenvalue weighted by Crippen LogP contribution is -1.75. The zero-order valence-electron chi connectivity index (χ0n) is 8.54. The second kappa shape index (κ2) is 11.2. The van der Waals surface area contributed by atoms with E-state index in [1.807, 2.05) is 0 Å². The number of unbranched alkanes of at least 4 members (excludes halogenated alkanes) is 4. The van der Waals surface area contributed by atoms with Gasteiger partial charge in [0.05, 0.1) is 0 Å². The van der Waals surface area contributed by atoms with Crippen LogP contribution < -0.4 is 0 Å². The fraction of sp³-hybridized carbons (Fsp3) is 0.583. The molecule has 0 N–H and O–H groups in total. The average Bonchev–Trinajstić information content (AvgIpc) is 2.16. The van der Waals surface area contributed by atoms with Gasteiger partial charge in [-0.1, -0.05) is 37.6 Å². The van der Waals surface area contributed by atoms with Crippen molar-refractivity contribution < 1.29 is 4.79 Å². The minimum Gasteiger partial charge on any atom is -0.303 e. The first-order valence-corrected chi connectivity index (χ1v) is 5.17. The smallest absolute Gasteiger partial charge is 0.119 e. The minimum atomic E-state index is 0.708. The van der Waals surface area contributed by atoms with E-state index in [1.165, 1.54) is 6.42 Å². The molecule has 0 saturated heterocycles. The Morgan fingerprint density at radius 1 is 0.923 bits per heavy atom. The summed E-state index contributed by atoms with van der Waals surface area (Å²) in [6, 6.07) is 0. The number of aldehydes is 1. The van der Waals surface area contributed by atoms with E-state index in [2.05, 4.69) is 31.2 Å². The van der Waals surface area contributed by atoms with Crippen molar-refractivity contribution in [1.82, 2.24) is 0 Å². The number of hydrogen-bond donors (Lipinski definition) is 0. The predicted octanol–water partition coefficient (Wildman–Crippen LogP) is 3.66. The lowest BCUT2D eigenvalue weighted by Gasteiger charge is -1.89. The Balaban J connectivity index is 3.16. The summed E-state index contributed by atoms with van der Waals surface area (Å²) in [5, 5.41) is 0. The van der Waals surface area contributed by atoms with E-state index in [1.54, 1.807) is 0 Å². The molecule has 0 bridgehead atoms. The van der Waals surface area contributed by atoms with Crippen LogP contribution in [0, 0.1) is 0 Å². The van der Waals surface area contributed by atoms with Crippen LogP contribution in [-0.4, -0.2) is 6.29 Å². The first-order chi connectivity index (χ1) is 6.41. The molecule has 74 valence electrons. The SMILES string of the molecule is CCC/C=C/C=C/CCCCC=O. The Morgan fingerprint density at radius 3 is 2.15 bits per heavy atom. The third-order valence-corrected chi connectivity index (χ3v) is 1.78. The first kappa shape index (κ1) is 12.2. The van der Waals surface area contributed by atoms with Crippen molar-refractivity contribution in [3.63, 3.8) is 0 Å². The number of hydrogen-bond acceptors (Lipinski definition) is 1. The summed E-state index contributed by atoms with van der Waals surface area (Å²) in [4.78, 5) is 9.98. The molecule has 0 radical (unpaired) electrons. The summed E-state index contributed by atoms with van der Waals surface area (Å²) in [7, 11) is 0. The van der Waals surface area contributed by atoms with Gasteiger partial charge in [0.15, 0.2) is 0 Å². The van der Waals surface area contributed by atoms with Gasteiger partial charge in [-0.3, -0.25) is 0 Å². The van der Waals surface area contributed by atoms with Crippen molar-refractivity contribution in [3.05, 3.63) is 24.3 Å². The molecule has 0 heterocycles. The zero-order chi connectivity index (χ0) is 9.78. The van der Waals surface area contributed by atoms with E-state index in [0.29, 0.717) is 6.42 Å². The van der Waals surface area contributed by atoms with Gasteiger partial charge in [0.25, 0.3) is 0 Å². The Morgan fingerprint density at radius 2 is 1.54 bits per heavy atom. The summed E-state index contributed by atoms with van der Waals surface area (Å²) in [5.41, 5.74) is 0. The fourth-order valence-electron chi connectivity index (χ4n) is 1.01. The molecule has 0 amide bonds. The van der Waals surface area contributed by atoms with E-state index >= 15 is 0 Å². The van der Waals surface area contributed by atoms with Crippen molar-refractivity contribution in [2.75, 3.05) is 0 Å². The van der Waals surface area contributed by atoms with Crippen molar-refractivity contribution in [2.45, 2.75) is 45.4 Å². The largest absolute Gasteiger partial charge is 0.303 e. The summed E-state index contributed by atoms with van der Waals surface area (Å²) in [6.07, 6.45) is 15.8. The van der Waals surface area contributed by atoms with Crippen molar-refractivity contribution in [3.8, 4) is 0 Å². The minimum absolute atomic E-state index is 0.708. The molecule has 0 aliphatic rings. The summed E-state index contributed by atoms with van der Waals surface area (Å²) in [6.45, 7) is 2.17. The van der Waals surface area contributed by atoms with Crippen LogP contribution in [0.2, 0.25) is 0 Å². The first-order valence-electron chi connectivity index (χ1n) is 5.17. The molecule has 0 aliphatic heterocycles. The summed E-state index contributed by atoms with van der Waals surface area (Å²) in [5.74, 6) is 0. The second-order valence-corrected chi connectivity index (χ2v) is 3.10. The van der Waals surface area contributed by atoms with Crippen LogP contribution in [0.15, 0.2) is 24.3 Å². The highest BCUT2D eigenvalue weighted by molar-refractivity contribution is 5.48. The molecule has 0 unspecified atom stereocenters. The van der Waals surface area contributed by atoms with E-state index in [-0.39, 0.29) is 0 Å². The van der Waals surface area contributed by atoms with Gasteiger partial charge in [-0.25, -0.2) is 0 Å². The van der Waals surface area contributed by atoms with E-state index < -0.39 is 0 Å². The van der Waals surface area contributed by atoms with Crippen molar-refractivity contribution >= 4 is 6.29 Å². The Labute approximate surface area is 81.5 Å². The lowest BCUT2D eigenvalue weighted by molar-refractivity contribution is -0.107. The van der Waals surface area contributed by atoms with Crippen LogP contribution in [0.3, 0.4) is 0 Å². The van der Waals surface area contributed by atoms with E-state index in [4.69, 9.17) is 0 Å². The average molecular weight is 180 g/mol. The molecule has 0 spiro atoms. The second-order valence-electron chi connectivity index (χ2n) is 3.10. The van der Waals surface area contributed by atoms with Crippen LogP contribution in [-0.2, 0) is 4.79 Å². The molecule has 0 saturated carbocycles. The van der Waals surface area contributed by atoms with Gasteiger partial charge in [0.2, 0.25) is 0 Å². The molecule has 13 heavy (non-hydrogen) atoms. The topological polar surface area (TPSA) is 17.1 Å². The number of carbonyl (C=O) groups excluding carboxylic acids is 1. The van der Waals surface area contributed by atoms with Gasteiger partial charge >= 0.3 is 0 Å². The standard InChI is InChI=1S/C12H20O/c1-2-3-4-5-6-7-8-9-10-11-12-13/h4-7,12H,2-3,8-11H2,1H3/b5-4+,7-6+. The molecule has 0 aromatic carbocycles. The molecule has 0 aromatic rings.